The molecule has 12 N–H and O–H groups in total. The predicted octanol–water partition coefficient (Wildman–Crippen LogP) is -2.94. The van der Waals surface area contributed by atoms with Crippen LogP contribution in [0.2, 0.25) is 0 Å². The van der Waals surface area contributed by atoms with Gasteiger partial charge in [0, 0.05) is 65.4 Å². The van der Waals surface area contributed by atoms with Crippen molar-refractivity contribution in [2.75, 3.05) is 0 Å². The summed E-state index contributed by atoms with van der Waals surface area (Å²) in [6.07, 6.45) is 0. The fourth-order valence-corrected chi connectivity index (χ4v) is 0. The zero-order valence-electron chi connectivity index (χ0n) is 9.65. The molecule has 0 fully saturated rings. The average molecular weight is 2210 g/mol. The van der Waals surface area contributed by atoms with E-state index in [2.05, 4.69) is 186 Å². The van der Waals surface area contributed by atoms with Crippen LogP contribution in [-0.2, 0) is 65.4 Å². The molecule has 0 amide bonds. The minimum absolute atomic E-state index is 0. The van der Waals surface area contributed by atoms with Gasteiger partial charge in [-0.25, -0.2) is 0 Å². The first kappa shape index (κ1) is 98.3. The minimum Gasteiger partial charge on any atom is -0.344 e. The molecule has 0 saturated heterocycles. The van der Waals surface area contributed by atoms with Crippen molar-refractivity contribution < 1.29 is 132 Å². The van der Waals surface area contributed by atoms with Crippen LogP contribution in [0.4, 0.5) is 0 Å². The summed E-state index contributed by atoms with van der Waals surface area (Å²) in [5.41, 5.74) is 0. The zero-order valence-corrected chi connectivity index (χ0v) is 47.7. The van der Waals surface area contributed by atoms with E-state index in [0.29, 0.717) is 66.3 Å². The maximum Gasteiger partial charge on any atom is 0 e. The second-order valence-electron chi connectivity index (χ2n) is 0.270. The molecule has 180 valence electrons. The van der Waals surface area contributed by atoms with Crippen molar-refractivity contribution in [1.29, 1.82) is 0 Å². The van der Waals surface area contributed by atoms with Crippen molar-refractivity contribution in [2.45, 2.75) is 29.7 Å². The first-order chi connectivity index (χ1) is 7.07. The Morgan fingerprint density at radius 3 is 0.280 bits per heavy atom. The van der Waals surface area contributed by atoms with E-state index in [1.807, 2.05) is 0 Å². The molecule has 25 heavy (non-hydrogen) atoms. The van der Waals surface area contributed by atoms with Crippen LogP contribution in [-0.4, -0.2) is 0 Å². The van der Waals surface area contributed by atoms with Crippen LogP contribution in [0.15, 0.2) is 0 Å². The maximum absolute atomic E-state index is 2.39. The molecule has 0 heterocycles. The first-order valence-corrected chi connectivity index (χ1v) is 64.3. The van der Waals surface area contributed by atoms with Crippen molar-refractivity contribution in [3.05, 3.63) is 0 Å². The molecular weight excluding hydrogens is 2190 g/mol. The molecule has 0 aromatic heterocycles. The molecule has 0 spiro atoms. The Morgan fingerprint density at radius 2 is 0.280 bits per heavy atom. The number of hydrogen-bond acceptors (Lipinski definition) is 4. The monoisotopic (exact) mass is 2210 g/mol. The average Bonchev–Trinajstić information content (AvgIpc) is 2.09. The molecule has 0 aliphatic heterocycles. The van der Waals surface area contributed by atoms with Gasteiger partial charge in [0.1, 0.15) is 0 Å². The third-order valence-electron chi connectivity index (χ3n) is 0. The van der Waals surface area contributed by atoms with Crippen molar-refractivity contribution in [3.63, 3.8) is 0 Å². The zero-order chi connectivity index (χ0) is 13.5. The minimum atomic E-state index is 0. The summed E-state index contributed by atoms with van der Waals surface area (Å²) in [6.45, 7) is 0. The summed E-state index contributed by atoms with van der Waals surface area (Å²) in [4.78, 5) is 0. The molecule has 21 heteroatoms. The van der Waals surface area contributed by atoms with Crippen molar-refractivity contribution in [1.82, 2.24) is 24.6 Å². The normalized spacial score (nSPS) is 4.40. The number of hydrogen-bond donors (Lipinski definition) is 4. The molecule has 0 bridgehead atoms. The molecular formula is C4H28I15N4Y2-5. The Kier molecular flexibility index (Phi) is 582. The van der Waals surface area contributed by atoms with Gasteiger partial charge in [-0.2, -0.15) is 0 Å². The van der Waals surface area contributed by atoms with Gasteiger partial charge >= 0.3 is 252 Å². The van der Waals surface area contributed by atoms with E-state index >= 15 is 0 Å². The molecule has 0 rings (SSSR count). The second-order valence-corrected chi connectivity index (χ2v) is 81.5. The smallest absolute Gasteiger partial charge is 0 e. The van der Waals surface area contributed by atoms with Gasteiger partial charge in [-0.15, -0.1) is 0 Å². The van der Waals surface area contributed by atoms with E-state index in [1.54, 1.807) is 0 Å². The summed E-state index contributed by atoms with van der Waals surface area (Å²) in [5.74, 6) is 0. The van der Waals surface area contributed by atoms with Crippen LogP contribution in [0.1, 0.15) is 29.7 Å². The van der Waals surface area contributed by atoms with Gasteiger partial charge in [0.25, 0.3) is 0 Å². The van der Waals surface area contributed by atoms with Crippen LogP contribution >= 0.6 is 186 Å². The third-order valence-corrected chi connectivity index (χ3v) is 0. The summed E-state index contributed by atoms with van der Waals surface area (Å²) in [7, 11) is 0. The SMILES string of the molecule is C.C.C.C.I[I-]I.I[I-]I.I[I-]I.I[I-]I.I[I-]I.N.N.N.N.[Y].[Y]. The maximum atomic E-state index is 2.39. The molecule has 0 saturated carbocycles. The second kappa shape index (κ2) is 148. The van der Waals surface area contributed by atoms with Gasteiger partial charge < -0.3 is 24.6 Å². The third kappa shape index (κ3) is 268. The molecule has 0 atom stereocenters. The predicted molar refractivity (Wildman–Crippen MR) is 187 cm³/mol. The molecule has 4 nitrogen and oxygen atoms in total. The Bertz CT molecular complexity index is 51.1. The van der Waals surface area contributed by atoms with Crippen molar-refractivity contribution in [3.8, 4) is 0 Å². The van der Waals surface area contributed by atoms with E-state index in [-0.39, 0.29) is 120 Å². The first-order valence-electron chi connectivity index (χ1n) is 1.43. The Morgan fingerprint density at radius 1 is 0.280 bits per heavy atom. The fraction of sp³-hybridized carbons (Fsp3) is 1.00. The summed E-state index contributed by atoms with van der Waals surface area (Å²) in [6, 6.07) is 0. The van der Waals surface area contributed by atoms with Gasteiger partial charge in [0.15, 0.2) is 0 Å². The largest absolute Gasteiger partial charge is 0.344 e. The van der Waals surface area contributed by atoms with Crippen molar-refractivity contribution >= 4 is 186 Å². The standard InChI is InChI=1S/4CH4.5I3.4H3N.2Y/c;;;;5*1-3-2;;;;;;/h4*1H4;;;;;;4*1H3;;/q;;;;5*-1;;;;;;. The van der Waals surface area contributed by atoms with Crippen LogP contribution in [0.5, 0.6) is 0 Å². The van der Waals surface area contributed by atoms with E-state index in [0.717, 1.165) is 0 Å². The van der Waals surface area contributed by atoms with Gasteiger partial charge in [-0.3, -0.25) is 0 Å². The molecule has 0 unspecified atom stereocenters. The quantitative estimate of drug-likeness (QED) is 0.193. The van der Waals surface area contributed by atoms with Crippen molar-refractivity contribution in [2.24, 2.45) is 0 Å². The van der Waals surface area contributed by atoms with E-state index < -0.39 is 0 Å². The molecule has 0 aromatic rings. The molecule has 2 radical (unpaired) electrons. The molecule has 0 aliphatic carbocycles. The molecule has 0 aromatic carbocycles. The Balaban J connectivity index is -0.00000000350. The number of halogens is 15. The van der Waals surface area contributed by atoms with Crippen LogP contribution in [0, 0.1) is 0 Å². The molecule has 0 aliphatic rings. The fourth-order valence-electron chi connectivity index (χ4n) is 0. The Labute approximate surface area is 358 Å². The summed E-state index contributed by atoms with van der Waals surface area (Å²) < 4.78 is 0. The van der Waals surface area contributed by atoms with Gasteiger partial charge in [-0.05, 0) is 0 Å². The van der Waals surface area contributed by atoms with Gasteiger partial charge in [-0.1, -0.05) is 29.7 Å². The topological polar surface area (TPSA) is 140 Å². The summed E-state index contributed by atoms with van der Waals surface area (Å²) >= 11 is 26.5. The Hall–Kier alpha value is 13.0. The van der Waals surface area contributed by atoms with Gasteiger partial charge in [0.05, 0.1) is 0 Å². The van der Waals surface area contributed by atoms with E-state index in [1.165, 1.54) is 0 Å². The van der Waals surface area contributed by atoms with Crippen LogP contribution in [0.25, 0.3) is 0 Å². The van der Waals surface area contributed by atoms with E-state index in [9.17, 15) is 0 Å². The van der Waals surface area contributed by atoms with Gasteiger partial charge in [0.2, 0.25) is 0 Å². The van der Waals surface area contributed by atoms with Crippen LogP contribution < -0.4 is 90.9 Å². The number of rotatable bonds is 0. The van der Waals surface area contributed by atoms with Crippen LogP contribution in [0.3, 0.4) is 0 Å². The summed E-state index contributed by atoms with van der Waals surface area (Å²) in [5, 5.41) is 0. The van der Waals surface area contributed by atoms with E-state index in [4.69, 9.17) is 0 Å².